The van der Waals surface area contributed by atoms with Crippen LogP contribution in [0.25, 0.3) is 0 Å². The van der Waals surface area contributed by atoms with Crippen LogP contribution in [0.1, 0.15) is 24.8 Å². The molecule has 1 aromatic rings. The molecule has 0 bridgehead atoms. The minimum absolute atomic E-state index is 0.0148. The molecule has 0 saturated heterocycles. The zero-order valence-corrected chi connectivity index (χ0v) is 11.1. The number of methoxy groups -OCH3 is 1. The van der Waals surface area contributed by atoms with Crippen LogP contribution >= 0.6 is 0 Å². The Morgan fingerprint density at radius 1 is 1.30 bits per heavy atom. The number of alkyl halides is 3. The first-order valence-corrected chi connectivity index (χ1v) is 6.24. The molecule has 112 valence electrons. The Kier molecular flexibility index (Phi) is 5.85. The predicted molar refractivity (Wildman–Crippen MR) is 67.7 cm³/mol. The van der Waals surface area contributed by atoms with Crippen LogP contribution in [-0.4, -0.2) is 24.4 Å². The number of ether oxygens (including phenoxy) is 1. The number of rotatable bonds is 7. The third-order valence-corrected chi connectivity index (χ3v) is 3.00. The lowest BCUT2D eigenvalue weighted by Crippen LogP contribution is -2.18. The lowest BCUT2D eigenvalue weighted by atomic mass is 9.94. The van der Waals surface area contributed by atoms with Crippen molar-refractivity contribution < 1.29 is 27.8 Å². The molecule has 0 heterocycles. The van der Waals surface area contributed by atoms with Gasteiger partial charge in [-0.05, 0) is 37.0 Å². The van der Waals surface area contributed by atoms with E-state index in [1.54, 1.807) is 24.3 Å². The molecule has 0 radical (unpaired) electrons. The number of hydrogen-bond donors (Lipinski definition) is 1. The molecule has 0 aliphatic heterocycles. The number of hydrogen-bond acceptors (Lipinski definition) is 2. The Balaban J connectivity index is 2.55. The Hall–Kier alpha value is -1.72. The second-order valence-corrected chi connectivity index (χ2v) is 4.59. The molecule has 1 aromatic carbocycles. The molecule has 0 aliphatic carbocycles. The van der Waals surface area contributed by atoms with E-state index in [4.69, 9.17) is 9.84 Å². The third kappa shape index (κ3) is 5.95. The van der Waals surface area contributed by atoms with Crippen LogP contribution in [0.3, 0.4) is 0 Å². The highest BCUT2D eigenvalue weighted by molar-refractivity contribution is 5.70. The molecule has 1 atom stereocenters. The van der Waals surface area contributed by atoms with Gasteiger partial charge in [-0.1, -0.05) is 12.1 Å². The van der Waals surface area contributed by atoms with E-state index in [0.717, 1.165) is 5.56 Å². The average Bonchev–Trinajstić information content (AvgIpc) is 2.37. The summed E-state index contributed by atoms with van der Waals surface area (Å²) < 4.78 is 41.2. The molecule has 1 rings (SSSR count). The summed E-state index contributed by atoms with van der Waals surface area (Å²) in [6.07, 6.45) is -5.11. The zero-order chi connectivity index (χ0) is 15.2. The van der Waals surface area contributed by atoms with E-state index < -0.39 is 24.5 Å². The molecule has 0 aromatic heterocycles. The van der Waals surface area contributed by atoms with Gasteiger partial charge in [0.05, 0.1) is 13.0 Å². The summed E-state index contributed by atoms with van der Waals surface area (Å²) in [6, 6.07) is 6.84. The van der Waals surface area contributed by atoms with Gasteiger partial charge < -0.3 is 9.84 Å². The summed E-state index contributed by atoms with van der Waals surface area (Å²) in [5.41, 5.74) is 0.769. The van der Waals surface area contributed by atoms with Crippen molar-refractivity contribution in [2.24, 2.45) is 5.92 Å². The van der Waals surface area contributed by atoms with Gasteiger partial charge in [0.1, 0.15) is 5.75 Å². The number of aliphatic carboxylic acids is 1. The standard InChI is InChI=1S/C14H17F3O3/c1-20-12-6-4-10(5-7-12)9-11(13(18)19)3-2-8-14(15,16)17/h4-7,11H,2-3,8-9H2,1H3,(H,18,19). The van der Waals surface area contributed by atoms with Gasteiger partial charge in [-0.2, -0.15) is 13.2 Å². The summed E-state index contributed by atoms with van der Waals surface area (Å²) in [6.45, 7) is 0. The van der Waals surface area contributed by atoms with Gasteiger partial charge in [-0.15, -0.1) is 0 Å². The summed E-state index contributed by atoms with van der Waals surface area (Å²) in [5.74, 6) is -1.22. The second kappa shape index (κ2) is 7.17. The van der Waals surface area contributed by atoms with Gasteiger partial charge in [-0.3, -0.25) is 4.79 Å². The highest BCUT2D eigenvalue weighted by Gasteiger charge is 2.28. The molecule has 0 amide bonds. The smallest absolute Gasteiger partial charge is 0.389 e. The van der Waals surface area contributed by atoms with Crippen molar-refractivity contribution in [2.75, 3.05) is 7.11 Å². The van der Waals surface area contributed by atoms with Crippen LogP contribution in [0.4, 0.5) is 13.2 Å². The van der Waals surface area contributed by atoms with E-state index in [9.17, 15) is 18.0 Å². The lowest BCUT2D eigenvalue weighted by Gasteiger charge is -2.13. The summed E-state index contributed by atoms with van der Waals surface area (Å²) in [4.78, 5) is 11.1. The Labute approximate surface area is 115 Å². The fourth-order valence-electron chi connectivity index (χ4n) is 1.91. The molecule has 0 fully saturated rings. The van der Waals surface area contributed by atoms with Crippen molar-refractivity contribution in [1.29, 1.82) is 0 Å². The number of carbonyl (C=O) groups is 1. The minimum Gasteiger partial charge on any atom is -0.497 e. The molecule has 0 saturated carbocycles. The Morgan fingerprint density at radius 3 is 2.35 bits per heavy atom. The fourth-order valence-corrected chi connectivity index (χ4v) is 1.91. The van der Waals surface area contributed by atoms with E-state index in [0.29, 0.717) is 5.75 Å². The van der Waals surface area contributed by atoms with Crippen LogP contribution < -0.4 is 4.74 Å². The number of carboxylic acids is 1. The molecular weight excluding hydrogens is 273 g/mol. The van der Waals surface area contributed by atoms with Crippen molar-refractivity contribution in [3.63, 3.8) is 0 Å². The first kappa shape index (κ1) is 16.3. The maximum Gasteiger partial charge on any atom is 0.389 e. The highest BCUT2D eigenvalue weighted by atomic mass is 19.4. The zero-order valence-electron chi connectivity index (χ0n) is 11.1. The average molecular weight is 290 g/mol. The SMILES string of the molecule is COc1ccc(CC(CCCC(F)(F)F)C(=O)O)cc1. The van der Waals surface area contributed by atoms with Gasteiger partial charge in [0, 0.05) is 6.42 Å². The summed E-state index contributed by atoms with van der Waals surface area (Å²) in [5, 5.41) is 9.06. The van der Waals surface area contributed by atoms with Gasteiger partial charge >= 0.3 is 12.1 Å². The van der Waals surface area contributed by atoms with Gasteiger partial charge in [0.15, 0.2) is 0 Å². The fraction of sp³-hybridized carbons (Fsp3) is 0.500. The molecular formula is C14H17F3O3. The molecule has 3 nitrogen and oxygen atoms in total. The first-order chi connectivity index (χ1) is 9.31. The van der Waals surface area contributed by atoms with E-state index in [1.807, 2.05) is 0 Å². The molecule has 6 heteroatoms. The monoisotopic (exact) mass is 290 g/mol. The van der Waals surface area contributed by atoms with E-state index in [2.05, 4.69) is 0 Å². The molecule has 1 unspecified atom stereocenters. The number of benzene rings is 1. The summed E-state index contributed by atoms with van der Waals surface area (Å²) >= 11 is 0. The van der Waals surface area contributed by atoms with Crippen molar-refractivity contribution in [1.82, 2.24) is 0 Å². The van der Waals surface area contributed by atoms with Crippen LogP contribution in [0.5, 0.6) is 5.75 Å². The lowest BCUT2D eigenvalue weighted by molar-refractivity contribution is -0.145. The van der Waals surface area contributed by atoms with Crippen molar-refractivity contribution in [3.8, 4) is 5.75 Å². The third-order valence-electron chi connectivity index (χ3n) is 3.00. The quantitative estimate of drug-likeness (QED) is 0.833. The largest absolute Gasteiger partial charge is 0.497 e. The van der Waals surface area contributed by atoms with Gasteiger partial charge in [-0.25, -0.2) is 0 Å². The van der Waals surface area contributed by atoms with E-state index in [1.165, 1.54) is 7.11 Å². The second-order valence-electron chi connectivity index (χ2n) is 4.59. The molecule has 0 spiro atoms. The van der Waals surface area contributed by atoms with E-state index >= 15 is 0 Å². The minimum atomic E-state index is -4.23. The number of carboxylic acid groups (broad SMARTS) is 1. The van der Waals surface area contributed by atoms with Crippen molar-refractivity contribution in [3.05, 3.63) is 29.8 Å². The molecule has 1 N–H and O–H groups in total. The highest BCUT2D eigenvalue weighted by Crippen LogP contribution is 2.25. The normalized spacial score (nSPS) is 13.0. The Morgan fingerprint density at radius 2 is 1.90 bits per heavy atom. The Bertz CT molecular complexity index is 426. The van der Waals surface area contributed by atoms with Gasteiger partial charge in [0.2, 0.25) is 0 Å². The van der Waals surface area contributed by atoms with Crippen LogP contribution in [-0.2, 0) is 11.2 Å². The number of halogens is 3. The maximum absolute atomic E-state index is 12.1. The van der Waals surface area contributed by atoms with Crippen molar-refractivity contribution in [2.45, 2.75) is 31.9 Å². The summed E-state index contributed by atoms with van der Waals surface area (Å²) in [7, 11) is 1.52. The first-order valence-electron chi connectivity index (χ1n) is 6.24. The topological polar surface area (TPSA) is 46.5 Å². The van der Waals surface area contributed by atoms with Crippen LogP contribution in [0, 0.1) is 5.92 Å². The maximum atomic E-state index is 12.1. The van der Waals surface area contributed by atoms with Gasteiger partial charge in [0.25, 0.3) is 0 Å². The molecule has 0 aliphatic rings. The van der Waals surface area contributed by atoms with E-state index in [-0.39, 0.29) is 19.3 Å². The van der Waals surface area contributed by atoms with Crippen molar-refractivity contribution >= 4 is 5.97 Å². The van der Waals surface area contributed by atoms with Crippen LogP contribution in [0.2, 0.25) is 0 Å². The van der Waals surface area contributed by atoms with Crippen LogP contribution in [0.15, 0.2) is 24.3 Å². The predicted octanol–water partition coefficient (Wildman–Crippen LogP) is 3.67. The molecule has 20 heavy (non-hydrogen) atoms.